The van der Waals surface area contributed by atoms with Crippen LogP contribution >= 0.6 is 11.8 Å². The van der Waals surface area contributed by atoms with Crippen molar-refractivity contribution in [2.45, 2.75) is 18.5 Å². The second-order valence-corrected chi connectivity index (χ2v) is 7.81. The van der Waals surface area contributed by atoms with Gasteiger partial charge < -0.3 is 4.74 Å². The highest BCUT2D eigenvalue weighted by Crippen LogP contribution is 2.21. The fraction of sp³-hybridized carbons (Fsp3) is 0.174. The predicted octanol–water partition coefficient (Wildman–Crippen LogP) is 4.79. The van der Waals surface area contributed by atoms with Gasteiger partial charge in [-0.25, -0.2) is 18.9 Å². The van der Waals surface area contributed by atoms with Gasteiger partial charge in [0.05, 0.1) is 17.5 Å². The minimum Gasteiger partial charge on any atom is -0.494 e. The van der Waals surface area contributed by atoms with Crippen LogP contribution in [0.4, 0.5) is 4.39 Å². The maximum atomic E-state index is 13.2. The van der Waals surface area contributed by atoms with Gasteiger partial charge in [-0.2, -0.15) is 0 Å². The van der Waals surface area contributed by atoms with E-state index in [9.17, 15) is 9.18 Å². The van der Waals surface area contributed by atoms with Crippen molar-refractivity contribution in [2.24, 2.45) is 0 Å². The highest BCUT2D eigenvalue weighted by Gasteiger charge is 2.14. The Hall–Kier alpha value is -3.19. The molecule has 0 saturated heterocycles. The van der Waals surface area contributed by atoms with Gasteiger partial charge in [-0.1, -0.05) is 30.0 Å². The number of hydrogen-bond donors (Lipinski definition) is 0. The molecule has 0 radical (unpaired) electrons. The van der Waals surface area contributed by atoms with Crippen LogP contribution < -0.4 is 10.3 Å². The van der Waals surface area contributed by atoms with Gasteiger partial charge in [0.2, 0.25) is 0 Å². The molecular formula is C23H20FN3O2S. The highest BCUT2D eigenvalue weighted by molar-refractivity contribution is 7.99. The Bertz CT molecular complexity index is 1210. The summed E-state index contributed by atoms with van der Waals surface area (Å²) in [5.74, 6) is 1.60. The molecule has 4 aromatic rings. The Kier molecular flexibility index (Phi) is 6.09. The van der Waals surface area contributed by atoms with Crippen molar-refractivity contribution in [3.05, 3.63) is 88.6 Å². The minimum absolute atomic E-state index is 0.137. The van der Waals surface area contributed by atoms with E-state index >= 15 is 0 Å². The summed E-state index contributed by atoms with van der Waals surface area (Å²) in [7, 11) is 0. The summed E-state index contributed by atoms with van der Waals surface area (Å²) in [6.45, 7) is 2.44. The molecule has 0 aliphatic rings. The first-order valence-electron chi connectivity index (χ1n) is 9.58. The van der Waals surface area contributed by atoms with Crippen molar-refractivity contribution in [1.29, 1.82) is 0 Å². The number of hydrogen-bond acceptors (Lipinski definition) is 5. The lowest BCUT2D eigenvalue weighted by molar-refractivity contribution is 0.318. The molecule has 2 heterocycles. The van der Waals surface area contributed by atoms with Gasteiger partial charge >= 0.3 is 0 Å². The SMILES string of the molecule is Cc1ccc(-n2c(SCCCOc3ccc(F)cc3)nc3ccccc3c2=O)nc1. The molecule has 2 aromatic carbocycles. The van der Waals surface area contributed by atoms with Crippen molar-refractivity contribution in [1.82, 2.24) is 14.5 Å². The van der Waals surface area contributed by atoms with Crippen LogP contribution in [0.3, 0.4) is 0 Å². The van der Waals surface area contributed by atoms with Gasteiger partial charge in [-0.15, -0.1) is 0 Å². The van der Waals surface area contributed by atoms with E-state index in [2.05, 4.69) is 4.98 Å². The van der Waals surface area contributed by atoms with Crippen molar-refractivity contribution >= 4 is 22.7 Å². The van der Waals surface area contributed by atoms with E-state index in [1.807, 2.05) is 37.3 Å². The second kappa shape index (κ2) is 9.09. The van der Waals surface area contributed by atoms with Gasteiger partial charge in [0.25, 0.3) is 5.56 Å². The number of aryl methyl sites for hydroxylation is 1. The molecule has 0 spiro atoms. The van der Waals surface area contributed by atoms with Gasteiger partial charge in [0.1, 0.15) is 17.4 Å². The standard InChI is InChI=1S/C23H20FN3O2S/c1-16-7-12-21(25-15-16)27-22(28)19-5-2-3-6-20(19)26-23(27)30-14-4-13-29-18-10-8-17(24)9-11-18/h2-3,5-12,15H,4,13-14H2,1H3. The molecule has 0 N–H and O–H groups in total. The number of benzene rings is 2. The smallest absolute Gasteiger partial charge is 0.267 e. The summed E-state index contributed by atoms with van der Waals surface area (Å²) in [6, 6.07) is 17.0. The molecule has 152 valence electrons. The summed E-state index contributed by atoms with van der Waals surface area (Å²) in [5.41, 5.74) is 1.55. The molecule has 4 rings (SSSR count). The van der Waals surface area contributed by atoms with Crippen LogP contribution in [0.25, 0.3) is 16.7 Å². The molecule has 0 aliphatic heterocycles. The molecule has 0 atom stereocenters. The Morgan fingerprint density at radius 1 is 1.07 bits per heavy atom. The molecule has 0 fully saturated rings. The van der Waals surface area contributed by atoms with Crippen LogP contribution in [-0.2, 0) is 0 Å². The lowest BCUT2D eigenvalue weighted by Gasteiger charge is -2.13. The first kappa shape index (κ1) is 20.1. The first-order chi connectivity index (χ1) is 14.6. The molecule has 30 heavy (non-hydrogen) atoms. The van der Waals surface area contributed by atoms with E-state index in [0.717, 1.165) is 12.0 Å². The summed E-state index contributed by atoms with van der Waals surface area (Å²) < 4.78 is 20.2. The molecule has 0 amide bonds. The summed E-state index contributed by atoms with van der Waals surface area (Å²) in [5, 5.41) is 1.15. The quantitative estimate of drug-likeness (QED) is 0.244. The number of halogens is 1. The topological polar surface area (TPSA) is 57.0 Å². The van der Waals surface area contributed by atoms with E-state index < -0.39 is 0 Å². The summed E-state index contributed by atoms with van der Waals surface area (Å²) in [6.07, 6.45) is 2.48. The largest absolute Gasteiger partial charge is 0.494 e. The van der Waals surface area contributed by atoms with Crippen molar-refractivity contribution in [3.8, 4) is 11.6 Å². The number of thioether (sulfide) groups is 1. The molecule has 7 heteroatoms. The van der Waals surface area contributed by atoms with E-state index in [0.29, 0.717) is 40.0 Å². The molecule has 0 saturated carbocycles. The zero-order valence-corrected chi connectivity index (χ0v) is 17.2. The Morgan fingerprint density at radius 2 is 1.87 bits per heavy atom. The normalized spacial score (nSPS) is 11.0. The number of pyridine rings is 1. The lowest BCUT2D eigenvalue weighted by atomic mass is 10.2. The van der Waals surface area contributed by atoms with Crippen molar-refractivity contribution in [2.75, 3.05) is 12.4 Å². The van der Waals surface area contributed by atoms with Crippen LogP contribution in [-0.4, -0.2) is 26.9 Å². The maximum Gasteiger partial charge on any atom is 0.267 e. The minimum atomic E-state index is -0.289. The van der Waals surface area contributed by atoms with Crippen LogP contribution in [0.1, 0.15) is 12.0 Å². The predicted molar refractivity (Wildman–Crippen MR) is 117 cm³/mol. The Balaban J connectivity index is 1.53. The fourth-order valence-electron chi connectivity index (χ4n) is 2.95. The van der Waals surface area contributed by atoms with Gasteiger partial charge in [-0.05, 0) is 61.4 Å². The van der Waals surface area contributed by atoms with Gasteiger partial charge in [0, 0.05) is 11.9 Å². The Labute approximate surface area is 177 Å². The number of rotatable bonds is 7. The monoisotopic (exact) mass is 421 g/mol. The third-order valence-electron chi connectivity index (χ3n) is 4.47. The average Bonchev–Trinajstić information content (AvgIpc) is 2.76. The first-order valence-corrected chi connectivity index (χ1v) is 10.6. The highest BCUT2D eigenvalue weighted by atomic mass is 32.2. The van der Waals surface area contributed by atoms with Crippen LogP contribution in [0.2, 0.25) is 0 Å². The molecule has 2 aromatic heterocycles. The van der Waals surface area contributed by atoms with Gasteiger partial charge in [-0.3, -0.25) is 4.79 Å². The zero-order valence-electron chi connectivity index (χ0n) is 16.4. The number of fused-ring (bicyclic) bond motifs is 1. The summed E-state index contributed by atoms with van der Waals surface area (Å²) >= 11 is 1.48. The van der Waals surface area contributed by atoms with E-state index in [1.165, 1.54) is 23.9 Å². The number of para-hydroxylation sites is 1. The summed E-state index contributed by atoms with van der Waals surface area (Å²) in [4.78, 5) is 22.3. The van der Waals surface area contributed by atoms with Gasteiger partial charge in [0.15, 0.2) is 5.16 Å². The zero-order chi connectivity index (χ0) is 20.9. The number of aromatic nitrogens is 3. The van der Waals surface area contributed by atoms with E-state index in [-0.39, 0.29) is 11.4 Å². The molecule has 0 bridgehead atoms. The van der Waals surface area contributed by atoms with E-state index in [1.54, 1.807) is 29.0 Å². The third-order valence-corrected chi connectivity index (χ3v) is 5.50. The number of nitrogens with zero attached hydrogens (tertiary/aromatic N) is 3. The molecule has 0 aliphatic carbocycles. The second-order valence-electron chi connectivity index (χ2n) is 6.75. The lowest BCUT2D eigenvalue weighted by Crippen LogP contribution is -2.22. The third kappa shape index (κ3) is 4.52. The molecule has 0 unspecified atom stereocenters. The number of ether oxygens (including phenoxy) is 1. The van der Waals surface area contributed by atoms with Crippen LogP contribution in [0.5, 0.6) is 5.75 Å². The average molecular weight is 421 g/mol. The Morgan fingerprint density at radius 3 is 2.63 bits per heavy atom. The van der Waals surface area contributed by atoms with Crippen molar-refractivity contribution < 1.29 is 9.13 Å². The van der Waals surface area contributed by atoms with Crippen molar-refractivity contribution in [3.63, 3.8) is 0 Å². The van der Waals surface area contributed by atoms with E-state index in [4.69, 9.17) is 9.72 Å². The molecular weight excluding hydrogens is 401 g/mol. The maximum absolute atomic E-state index is 13.2. The van der Waals surface area contributed by atoms with Crippen LogP contribution in [0.15, 0.2) is 76.8 Å². The molecule has 5 nitrogen and oxygen atoms in total. The van der Waals surface area contributed by atoms with Crippen LogP contribution in [0, 0.1) is 12.7 Å². The fourth-order valence-corrected chi connectivity index (χ4v) is 3.86.